The van der Waals surface area contributed by atoms with Crippen LogP contribution in [0, 0.1) is 0 Å². The lowest BCUT2D eigenvalue weighted by Crippen LogP contribution is -2.29. The van der Waals surface area contributed by atoms with Crippen LogP contribution in [0.3, 0.4) is 0 Å². The number of carboxylic acid groups (broad SMARTS) is 1. The molecule has 5 heteroatoms. The molecule has 1 heterocycles. The van der Waals surface area contributed by atoms with Crippen molar-refractivity contribution in [2.75, 3.05) is 38.1 Å². The van der Waals surface area contributed by atoms with Crippen LogP contribution in [0.4, 0.5) is 5.69 Å². The third-order valence-corrected chi connectivity index (χ3v) is 3.89. The van der Waals surface area contributed by atoms with Gasteiger partial charge in [0.15, 0.2) is 0 Å². The van der Waals surface area contributed by atoms with E-state index in [1.54, 1.807) is 12.1 Å². The van der Waals surface area contributed by atoms with E-state index < -0.39 is 5.97 Å². The second-order valence-electron chi connectivity index (χ2n) is 4.62. The molecule has 1 N–H and O–H groups in total. The van der Waals surface area contributed by atoms with Crippen LogP contribution in [0.1, 0.15) is 16.8 Å². The van der Waals surface area contributed by atoms with Crippen LogP contribution in [-0.2, 0) is 0 Å². The van der Waals surface area contributed by atoms with E-state index in [2.05, 4.69) is 32.8 Å². The topological polar surface area (TPSA) is 43.8 Å². The van der Waals surface area contributed by atoms with Crippen molar-refractivity contribution in [2.24, 2.45) is 0 Å². The number of hydrogen-bond acceptors (Lipinski definition) is 3. The molecule has 98 valence electrons. The van der Waals surface area contributed by atoms with E-state index >= 15 is 0 Å². The molecule has 0 unspecified atom stereocenters. The molecule has 0 saturated carbocycles. The van der Waals surface area contributed by atoms with E-state index in [4.69, 9.17) is 5.11 Å². The molecule has 0 atom stereocenters. The minimum atomic E-state index is -0.891. The van der Waals surface area contributed by atoms with Gasteiger partial charge in [-0.3, -0.25) is 0 Å². The Morgan fingerprint density at radius 1 is 1.28 bits per heavy atom. The van der Waals surface area contributed by atoms with Crippen LogP contribution in [0.5, 0.6) is 0 Å². The zero-order valence-electron chi connectivity index (χ0n) is 10.4. The predicted molar refractivity (Wildman–Crippen MR) is 75.4 cm³/mol. The van der Waals surface area contributed by atoms with Gasteiger partial charge in [-0.1, -0.05) is 0 Å². The van der Waals surface area contributed by atoms with Crippen molar-refractivity contribution in [1.29, 1.82) is 0 Å². The molecule has 18 heavy (non-hydrogen) atoms. The molecule has 1 fully saturated rings. The van der Waals surface area contributed by atoms with Crippen LogP contribution in [-0.4, -0.2) is 49.2 Å². The Morgan fingerprint density at radius 2 is 2.06 bits per heavy atom. The van der Waals surface area contributed by atoms with E-state index in [0.29, 0.717) is 5.56 Å². The maximum absolute atomic E-state index is 10.9. The van der Waals surface area contributed by atoms with Crippen molar-refractivity contribution in [2.45, 2.75) is 6.42 Å². The highest BCUT2D eigenvalue weighted by atomic mass is 79.9. The van der Waals surface area contributed by atoms with Gasteiger partial charge in [-0.05, 0) is 54.1 Å². The van der Waals surface area contributed by atoms with Crippen LogP contribution in [0.25, 0.3) is 0 Å². The normalized spacial score (nSPS) is 17.6. The fourth-order valence-corrected chi connectivity index (χ4v) is 2.81. The summed E-state index contributed by atoms with van der Waals surface area (Å²) in [6, 6.07) is 5.22. The first-order valence-corrected chi connectivity index (χ1v) is 6.83. The van der Waals surface area contributed by atoms with E-state index in [-0.39, 0.29) is 0 Å². The second kappa shape index (κ2) is 5.71. The molecule has 2 rings (SSSR count). The van der Waals surface area contributed by atoms with Crippen molar-refractivity contribution in [3.05, 3.63) is 28.2 Å². The van der Waals surface area contributed by atoms with Gasteiger partial charge in [-0.25, -0.2) is 4.79 Å². The average Bonchev–Trinajstić information content (AvgIpc) is 2.54. The van der Waals surface area contributed by atoms with E-state index in [1.807, 2.05) is 6.07 Å². The lowest BCUT2D eigenvalue weighted by atomic mass is 10.2. The zero-order chi connectivity index (χ0) is 13.1. The van der Waals surface area contributed by atoms with Gasteiger partial charge in [0, 0.05) is 24.1 Å². The summed E-state index contributed by atoms with van der Waals surface area (Å²) in [6.45, 7) is 4.13. The number of halogens is 1. The maximum Gasteiger partial charge on any atom is 0.335 e. The summed E-state index contributed by atoms with van der Waals surface area (Å²) in [4.78, 5) is 15.5. The number of benzene rings is 1. The van der Waals surface area contributed by atoms with Crippen molar-refractivity contribution in [1.82, 2.24) is 4.90 Å². The number of hydrogen-bond donors (Lipinski definition) is 1. The Hall–Kier alpha value is -1.07. The summed E-state index contributed by atoms with van der Waals surface area (Å²) in [5.41, 5.74) is 1.40. The van der Waals surface area contributed by atoms with Gasteiger partial charge in [0.1, 0.15) is 0 Å². The van der Waals surface area contributed by atoms with Gasteiger partial charge in [-0.15, -0.1) is 0 Å². The minimum Gasteiger partial charge on any atom is -0.478 e. The lowest BCUT2D eigenvalue weighted by molar-refractivity contribution is 0.0697. The number of carboxylic acids is 1. The molecule has 1 aliphatic rings. The van der Waals surface area contributed by atoms with Gasteiger partial charge in [0.25, 0.3) is 0 Å². The summed E-state index contributed by atoms with van der Waals surface area (Å²) in [5.74, 6) is -0.891. The number of anilines is 1. The monoisotopic (exact) mass is 312 g/mol. The molecule has 0 bridgehead atoms. The van der Waals surface area contributed by atoms with Gasteiger partial charge in [-0.2, -0.15) is 0 Å². The lowest BCUT2D eigenvalue weighted by Gasteiger charge is -2.24. The van der Waals surface area contributed by atoms with Crippen molar-refractivity contribution >= 4 is 27.6 Å². The van der Waals surface area contributed by atoms with Crippen molar-refractivity contribution < 1.29 is 9.90 Å². The summed E-state index contributed by atoms with van der Waals surface area (Å²) in [6.07, 6.45) is 1.13. The Kier molecular flexibility index (Phi) is 4.24. The summed E-state index contributed by atoms with van der Waals surface area (Å²) in [7, 11) is 2.13. The molecule has 0 aromatic heterocycles. The van der Waals surface area contributed by atoms with Crippen LogP contribution >= 0.6 is 15.9 Å². The molecule has 0 radical (unpaired) electrons. The van der Waals surface area contributed by atoms with Crippen molar-refractivity contribution in [3.63, 3.8) is 0 Å². The first kappa shape index (κ1) is 13.4. The van der Waals surface area contributed by atoms with E-state index in [1.165, 1.54) is 0 Å². The highest BCUT2D eigenvalue weighted by molar-refractivity contribution is 9.10. The first-order chi connectivity index (χ1) is 8.58. The Labute approximate surface area is 115 Å². The standard InChI is InChI=1S/C13H17BrN2O2/c1-15-5-2-6-16(8-7-15)12-4-3-10(13(17)18)9-11(12)14/h3-4,9H,2,5-8H2,1H3,(H,17,18). The average molecular weight is 313 g/mol. The molecule has 0 spiro atoms. The molecule has 4 nitrogen and oxygen atoms in total. The third kappa shape index (κ3) is 3.03. The molecular formula is C13H17BrN2O2. The largest absolute Gasteiger partial charge is 0.478 e. The zero-order valence-corrected chi connectivity index (χ0v) is 12.0. The van der Waals surface area contributed by atoms with Gasteiger partial charge < -0.3 is 14.9 Å². The SMILES string of the molecule is CN1CCCN(c2ccc(C(=O)O)cc2Br)CC1. The first-order valence-electron chi connectivity index (χ1n) is 6.04. The van der Waals surface area contributed by atoms with E-state index in [9.17, 15) is 4.79 Å². The van der Waals surface area contributed by atoms with Gasteiger partial charge >= 0.3 is 5.97 Å². The molecule has 1 aromatic carbocycles. The molecular weight excluding hydrogens is 296 g/mol. The highest BCUT2D eigenvalue weighted by Gasteiger charge is 2.15. The summed E-state index contributed by atoms with van der Waals surface area (Å²) >= 11 is 3.47. The highest BCUT2D eigenvalue weighted by Crippen LogP contribution is 2.28. The number of aromatic carboxylic acids is 1. The second-order valence-corrected chi connectivity index (χ2v) is 5.47. The number of rotatable bonds is 2. The molecule has 1 aromatic rings. The molecule has 0 aliphatic carbocycles. The fourth-order valence-electron chi connectivity index (χ4n) is 2.18. The quantitative estimate of drug-likeness (QED) is 0.910. The Morgan fingerprint density at radius 3 is 2.72 bits per heavy atom. The summed E-state index contributed by atoms with van der Waals surface area (Å²) in [5, 5.41) is 8.95. The molecule has 0 amide bonds. The smallest absolute Gasteiger partial charge is 0.335 e. The van der Waals surface area contributed by atoms with Gasteiger partial charge in [0.2, 0.25) is 0 Å². The van der Waals surface area contributed by atoms with Gasteiger partial charge in [0.05, 0.1) is 11.3 Å². The maximum atomic E-state index is 10.9. The number of nitrogens with zero attached hydrogens (tertiary/aromatic N) is 2. The predicted octanol–water partition coefficient (Wildman–Crippen LogP) is 2.29. The Bertz CT molecular complexity index is 451. The molecule has 1 saturated heterocycles. The van der Waals surface area contributed by atoms with Crippen LogP contribution in [0.15, 0.2) is 22.7 Å². The van der Waals surface area contributed by atoms with Crippen LogP contribution in [0.2, 0.25) is 0 Å². The van der Waals surface area contributed by atoms with Crippen LogP contribution < -0.4 is 4.90 Å². The van der Waals surface area contributed by atoms with E-state index in [0.717, 1.165) is 42.8 Å². The number of carbonyl (C=O) groups is 1. The number of likely N-dealkylation sites (N-methyl/N-ethyl adjacent to an activating group) is 1. The minimum absolute atomic E-state index is 0.317. The molecule has 1 aliphatic heterocycles. The fraction of sp³-hybridized carbons (Fsp3) is 0.462. The summed E-state index contributed by atoms with van der Waals surface area (Å²) < 4.78 is 0.854. The Balaban J connectivity index is 2.20. The third-order valence-electron chi connectivity index (χ3n) is 3.25. The van der Waals surface area contributed by atoms with Crippen molar-refractivity contribution in [3.8, 4) is 0 Å².